The Hall–Kier alpha value is -0.650. The van der Waals surface area contributed by atoms with Crippen molar-refractivity contribution in [3.05, 3.63) is 0 Å². The maximum absolute atomic E-state index is 12.0. The normalized spacial score (nSPS) is 25.9. The monoisotopic (exact) mass is 255 g/mol. The fraction of sp³-hybridized carbons (Fsp3) is 0.923. The first-order valence-electron chi connectivity index (χ1n) is 7.13. The van der Waals surface area contributed by atoms with Gasteiger partial charge in [-0.2, -0.15) is 0 Å². The standard InChI is InChI=1S/C13H25N3O2/c1-2-14-12-4-7-16(13(12)17)6-3-5-15-8-10-18-11-9-15/h12,14H,2-11H2,1H3. The molecule has 0 aromatic carbocycles. The lowest BCUT2D eigenvalue weighted by atomic mass is 10.2. The van der Waals surface area contributed by atoms with E-state index in [1.165, 1.54) is 0 Å². The van der Waals surface area contributed by atoms with Gasteiger partial charge < -0.3 is 15.0 Å². The van der Waals surface area contributed by atoms with E-state index >= 15 is 0 Å². The number of morpholine rings is 1. The van der Waals surface area contributed by atoms with Gasteiger partial charge in [0, 0.05) is 32.7 Å². The number of carbonyl (C=O) groups is 1. The summed E-state index contributed by atoms with van der Waals surface area (Å²) in [7, 11) is 0. The van der Waals surface area contributed by atoms with Crippen LogP contribution in [0.3, 0.4) is 0 Å². The molecule has 5 nitrogen and oxygen atoms in total. The van der Waals surface area contributed by atoms with E-state index < -0.39 is 0 Å². The number of hydrogen-bond acceptors (Lipinski definition) is 4. The van der Waals surface area contributed by atoms with Crippen LogP contribution in [0.4, 0.5) is 0 Å². The topological polar surface area (TPSA) is 44.8 Å². The Balaban J connectivity index is 1.63. The Labute approximate surface area is 109 Å². The highest BCUT2D eigenvalue weighted by Crippen LogP contribution is 2.11. The molecule has 5 heteroatoms. The minimum Gasteiger partial charge on any atom is -0.379 e. The number of carbonyl (C=O) groups excluding carboxylic acids is 1. The minimum absolute atomic E-state index is 0.0680. The maximum Gasteiger partial charge on any atom is 0.239 e. The highest BCUT2D eigenvalue weighted by atomic mass is 16.5. The highest BCUT2D eigenvalue weighted by molar-refractivity contribution is 5.83. The van der Waals surface area contributed by atoms with E-state index in [1.54, 1.807) is 0 Å². The van der Waals surface area contributed by atoms with Crippen LogP contribution in [0.1, 0.15) is 19.8 Å². The van der Waals surface area contributed by atoms with Crippen molar-refractivity contribution in [2.45, 2.75) is 25.8 Å². The van der Waals surface area contributed by atoms with E-state index in [4.69, 9.17) is 4.74 Å². The lowest BCUT2D eigenvalue weighted by molar-refractivity contribution is -0.129. The van der Waals surface area contributed by atoms with Gasteiger partial charge in [-0.1, -0.05) is 6.92 Å². The molecule has 2 saturated heterocycles. The molecule has 1 unspecified atom stereocenters. The van der Waals surface area contributed by atoms with Crippen molar-refractivity contribution in [2.24, 2.45) is 0 Å². The molecule has 0 bridgehead atoms. The highest BCUT2D eigenvalue weighted by Gasteiger charge is 2.30. The van der Waals surface area contributed by atoms with Gasteiger partial charge in [-0.3, -0.25) is 9.69 Å². The van der Waals surface area contributed by atoms with Gasteiger partial charge in [0.25, 0.3) is 0 Å². The quantitative estimate of drug-likeness (QED) is 0.721. The second kappa shape index (κ2) is 7.07. The Morgan fingerprint density at radius 3 is 2.78 bits per heavy atom. The average molecular weight is 255 g/mol. The van der Waals surface area contributed by atoms with Crippen molar-refractivity contribution in [1.82, 2.24) is 15.1 Å². The average Bonchev–Trinajstić information content (AvgIpc) is 2.73. The Kier molecular flexibility index (Phi) is 5.41. The molecular weight excluding hydrogens is 230 g/mol. The predicted octanol–water partition coefficient (Wildman–Crippen LogP) is -0.0809. The number of ether oxygens (including phenoxy) is 1. The van der Waals surface area contributed by atoms with Crippen LogP contribution in [0.5, 0.6) is 0 Å². The van der Waals surface area contributed by atoms with E-state index in [-0.39, 0.29) is 6.04 Å². The summed E-state index contributed by atoms with van der Waals surface area (Å²) in [5, 5.41) is 3.25. The molecule has 1 amide bonds. The number of likely N-dealkylation sites (tertiary alicyclic amines) is 1. The van der Waals surface area contributed by atoms with Gasteiger partial charge in [0.15, 0.2) is 0 Å². The lowest BCUT2D eigenvalue weighted by Gasteiger charge is -2.27. The second-order valence-corrected chi connectivity index (χ2v) is 5.03. The smallest absolute Gasteiger partial charge is 0.239 e. The molecule has 0 aromatic heterocycles. The van der Waals surface area contributed by atoms with Crippen LogP contribution in [0.2, 0.25) is 0 Å². The fourth-order valence-electron chi connectivity index (χ4n) is 2.71. The molecule has 1 N–H and O–H groups in total. The maximum atomic E-state index is 12.0. The molecule has 0 aliphatic carbocycles. The van der Waals surface area contributed by atoms with Gasteiger partial charge in [0.1, 0.15) is 0 Å². The zero-order valence-corrected chi connectivity index (χ0v) is 11.4. The Morgan fingerprint density at radius 2 is 2.06 bits per heavy atom. The molecule has 0 aromatic rings. The van der Waals surface area contributed by atoms with Gasteiger partial charge in [-0.05, 0) is 19.4 Å². The second-order valence-electron chi connectivity index (χ2n) is 5.03. The molecule has 18 heavy (non-hydrogen) atoms. The van der Waals surface area contributed by atoms with Crippen LogP contribution in [0.15, 0.2) is 0 Å². The molecule has 0 saturated carbocycles. The van der Waals surface area contributed by atoms with E-state index in [0.717, 1.165) is 65.3 Å². The number of hydrogen-bond donors (Lipinski definition) is 1. The Bertz CT molecular complexity index is 267. The van der Waals surface area contributed by atoms with Gasteiger partial charge in [-0.25, -0.2) is 0 Å². The zero-order valence-electron chi connectivity index (χ0n) is 11.4. The van der Waals surface area contributed by atoms with Crippen LogP contribution < -0.4 is 5.32 Å². The van der Waals surface area contributed by atoms with Crippen molar-refractivity contribution >= 4 is 5.91 Å². The molecule has 1 atom stereocenters. The van der Waals surface area contributed by atoms with E-state index in [2.05, 4.69) is 10.2 Å². The first kappa shape index (κ1) is 13.8. The summed E-state index contributed by atoms with van der Waals surface area (Å²) >= 11 is 0. The summed E-state index contributed by atoms with van der Waals surface area (Å²) in [6, 6.07) is 0.0680. The number of rotatable bonds is 6. The SMILES string of the molecule is CCNC1CCN(CCCN2CCOCC2)C1=O. The summed E-state index contributed by atoms with van der Waals surface area (Å²) in [4.78, 5) is 16.4. The Morgan fingerprint density at radius 1 is 1.28 bits per heavy atom. The predicted molar refractivity (Wildman–Crippen MR) is 70.5 cm³/mol. The van der Waals surface area contributed by atoms with Gasteiger partial charge >= 0.3 is 0 Å². The number of nitrogens with one attached hydrogen (secondary N) is 1. The van der Waals surface area contributed by atoms with Crippen LogP contribution in [0.25, 0.3) is 0 Å². The van der Waals surface area contributed by atoms with Crippen molar-refractivity contribution in [1.29, 1.82) is 0 Å². The number of nitrogens with zero attached hydrogens (tertiary/aromatic N) is 2. The van der Waals surface area contributed by atoms with Gasteiger partial charge in [-0.15, -0.1) is 0 Å². The largest absolute Gasteiger partial charge is 0.379 e. The van der Waals surface area contributed by atoms with E-state index in [1.807, 2.05) is 11.8 Å². The summed E-state index contributed by atoms with van der Waals surface area (Å²) < 4.78 is 5.32. The molecular formula is C13H25N3O2. The first-order valence-corrected chi connectivity index (χ1v) is 7.13. The van der Waals surface area contributed by atoms with Crippen molar-refractivity contribution in [3.8, 4) is 0 Å². The van der Waals surface area contributed by atoms with Crippen molar-refractivity contribution in [2.75, 3.05) is 52.5 Å². The third-order valence-corrected chi connectivity index (χ3v) is 3.75. The van der Waals surface area contributed by atoms with E-state index in [9.17, 15) is 4.79 Å². The summed E-state index contributed by atoms with van der Waals surface area (Å²) in [5.74, 6) is 0.291. The van der Waals surface area contributed by atoms with E-state index in [0.29, 0.717) is 5.91 Å². The summed E-state index contributed by atoms with van der Waals surface area (Å²) in [6.45, 7) is 9.60. The minimum atomic E-state index is 0.0680. The van der Waals surface area contributed by atoms with Crippen molar-refractivity contribution < 1.29 is 9.53 Å². The molecule has 0 radical (unpaired) electrons. The molecule has 2 aliphatic rings. The molecule has 0 spiro atoms. The van der Waals surface area contributed by atoms with Crippen LogP contribution >= 0.6 is 0 Å². The number of likely N-dealkylation sites (N-methyl/N-ethyl adjacent to an activating group) is 1. The van der Waals surface area contributed by atoms with Crippen molar-refractivity contribution in [3.63, 3.8) is 0 Å². The van der Waals surface area contributed by atoms with Crippen LogP contribution in [-0.4, -0.2) is 74.2 Å². The molecule has 2 aliphatic heterocycles. The summed E-state index contributed by atoms with van der Waals surface area (Å²) in [6.07, 6.45) is 2.04. The number of amides is 1. The van der Waals surface area contributed by atoms with Crippen LogP contribution in [-0.2, 0) is 9.53 Å². The fourth-order valence-corrected chi connectivity index (χ4v) is 2.71. The lowest BCUT2D eigenvalue weighted by Crippen LogP contribution is -2.40. The molecule has 2 heterocycles. The zero-order chi connectivity index (χ0) is 12.8. The first-order chi connectivity index (χ1) is 8.81. The molecule has 2 fully saturated rings. The summed E-state index contributed by atoms with van der Waals surface area (Å²) in [5.41, 5.74) is 0. The third-order valence-electron chi connectivity index (χ3n) is 3.75. The van der Waals surface area contributed by atoms with Gasteiger partial charge in [0.2, 0.25) is 5.91 Å². The molecule has 2 rings (SSSR count). The van der Waals surface area contributed by atoms with Gasteiger partial charge in [0.05, 0.1) is 19.3 Å². The van der Waals surface area contributed by atoms with Crippen LogP contribution in [0, 0.1) is 0 Å². The molecule has 104 valence electrons. The third kappa shape index (κ3) is 3.67.